The highest BCUT2D eigenvalue weighted by molar-refractivity contribution is 8.00. The molecule has 1 aromatic carbocycles. The van der Waals surface area contributed by atoms with Crippen molar-refractivity contribution >= 4 is 35.5 Å². The van der Waals surface area contributed by atoms with Crippen molar-refractivity contribution in [2.75, 3.05) is 27.3 Å². The van der Waals surface area contributed by atoms with E-state index in [0.29, 0.717) is 24.8 Å². The molecule has 0 bridgehead atoms. The van der Waals surface area contributed by atoms with Crippen molar-refractivity contribution in [1.82, 2.24) is 9.80 Å². The summed E-state index contributed by atoms with van der Waals surface area (Å²) in [7, 11) is 3.07. The molecular weight excluding hydrogens is 577 g/mol. The van der Waals surface area contributed by atoms with Gasteiger partial charge < -0.3 is 14.6 Å². The van der Waals surface area contributed by atoms with Gasteiger partial charge in [-0.25, -0.2) is 4.79 Å². The molecule has 0 aromatic heterocycles. The number of carboxylic acids is 1. The summed E-state index contributed by atoms with van der Waals surface area (Å²) in [5.74, 6) is -4.08. The normalized spacial score (nSPS) is 28.0. The molecule has 9 nitrogen and oxygen atoms in total. The number of esters is 1. The molecule has 5 rings (SSSR count). The fourth-order valence-electron chi connectivity index (χ4n) is 7.06. The molecule has 1 N–H and O–H groups in total. The van der Waals surface area contributed by atoms with Crippen LogP contribution >= 0.6 is 11.8 Å². The Kier molecular flexibility index (Phi) is 9.81. The number of benzene rings is 1. The number of carbonyl (C=O) groups excluding carboxylic acids is 3. The third-order valence-electron chi connectivity index (χ3n) is 8.82. The molecule has 0 unspecified atom stereocenters. The highest BCUT2D eigenvalue weighted by Crippen LogP contribution is 2.59. The van der Waals surface area contributed by atoms with Crippen molar-refractivity contribution in [2.45, 2.75) is 86.2 Å². The third kappa shape index (κ3) is 5.73. The number of fused-ring (bicyclic) bond motifs is 3. The maximum absolute atomic E-state index is 13.6. The topological polar surface area (TPSA) is 113 Å². The number of hydrogen-bond donors (Lipinski definition) is 1. The van der Waals surface area contributed by atoms with Gasteiger partial charge in [-0.2, -0.15) is 13.2 Å². The second kappa shape index (κ2) is 12.8. The van der Waals surface area contributed by atoms with E-state index in [0.717, 1.165) is 29.1 Å². The first kappa shape index (κ1) is 32.1. The van der Waals surface area contributed by atoms with Gasteiger partial charge in [0.1, 0.15) is 11.3 Å². The van der Waals surface area contributed by atoms with Gasteiger partial charge >= 0.3 is 18.1 Å². The summed E-state index contributed by atoms with van der Waals surface area (Å²) in [4.78, 5) is 53.9. The smallest absolute Gasteiger partial charge is 0.490 e. The summed E-state index contributed by atoms with van der Waals surface area (Å²) in [6, 6.07) is 5.84. The molecule has 3 saturated heterocycles. The van der Waals surface area contributed by atoms with Crippen LogP contribution in [-0.2, 0) is 23.9 Å². The number of likely N-dealkylation sites (tertiary alicyclic amines) is 1. The van der Waals surface area contributed by atoms with Gasteiger partial charge in [0.15, 0.2) is 0 Å². The number of nitrogens with zero attached hydrogens (tertiary/aromatic N) is 2. The van der Waals surface area contributed by atoms with Gasteiger partial charge in [-0.05, 0) is 63.3 Å². The van der Waals surface area contributed by atoms with E-state index in [1.165, 1.54) is 44.1 Å². The lowest BCUT2D eigenvalue weighted by atomic mass is 9.75. The van der Waals surface area contributed by atoms with E-state index in [4.69, 9.17) is 19.4 Å². The summed E-state index contributed by atoms with van der Waals surface area (Å²) in [5, 5.41) is 7.72. The van der Waals surface area contributed by atoms with Crippen LogP contribution in [0.3, 0.4) is 0 Å². The highest BCUT2D eigenvalue weighted by atomic mass is 32.2. The van der Waals surface area contributed by atoms with Crippen molar-refractivity contribution in [1.29, 1.82) is 0 Å². The van der Waals surface area contributed by atoms with Crippen LogP contribution < -0.4 is 4.74 Å². The molecule has 1 aliphatic carbocycles. The molecule has 42 heavy (non-hydrogen) atoms. The first-order valence-electron chi connectivity index (χ1n) is 14.3. The molecule has 1 saturated carbocycles. The lowest BCUT2D eigenvalue weighted by Gasteiger charge is -2.44. The molecule has 1 aromatic rings. The van der Waals surface area contributed by atoms with Crippen LogP contribution in [0.5, 0.6) is 5.75 Å². The molecule has 4 atom stereocenters. The van der Waals surface area contributed by atoms with Gasteiger partial charge in [-0.15, -0.1) is 11.8 Å². The molecule has 0 radical (unpaired) electrons. The number of amides is 2. The molecular formula is C29H37F3N2O7S. The van der Waals surface area contributed by atoms with E-state index >= 15 is 0 Å². The lowest BCUT2D eigenvalue weighted by molar-refractivity contribution is -0.192. The van der Waals surface area contributed by atoms with Crippen LogP contribution in [0, 0.1) is 11.8 Å². The van der Waals surface area contributed by atoms with Gasteiger partial charge in [-0.1, -0.05) is 25.3 Å². The van der Waals surface area contributed by atoms with E-state index in [-0.39, 0.29) is 17.9 Å². The van der Waals surface area contributed by atoms with Crippen LogP contribution in [0.1, 0.15) is 69.9 Å². The molecule has 232 valence electrons. The Labute approximate surface area is 247 Å². The minimum absolute atomic E-state index is 0.176. The van der Waals surface area contributed by atoms with Gasteiger partial charge in [0.05, 0.1) is 26.1 Å². The fourth-order valence-corrected chi connectivity index (χ4v) is 8.39. The van der Waals surface area contributed by atoms with E-state index in [2.05, 4.69) is 17.0 Å². The monoisotopic (exact) mass is 614 g/mol. The number of hydrogen-bond acceptors (Lipinski definition) is 8. The molecule has 2 amide bonds. The third-order valence-corrected chi connectivity index (χ3v) is 10.2. The molecule has 13 heteroatoms. The van der Waals surface area contributed by atoms with Crippen LogP contribution in [0.25, 0.3) is 0 Å². The summed E-state index contributed by atoms with van der Waals surface area (Å²) in [6.45, 7) is 2.78. The molecule has 0 spiro atoms. The van der Waals surface area contributed by atoms with Crippen LogP contribution in [0.4, 0.5) is 13.2 Å². The SMILES string of the molecule is CCN1C(=O)[C@@H]2[C@@H](c3ccc(SC4CCCCC4)c(OC)c3)N3CCCC[C@@]3(C(=O)OC)[C@@H]2C1=O.O=C(O)C(F)(F)F. The number of carbonyl (C=O) groups is 4. The predicted octanol–water partition coefficient (Wildman–Crippen LogP) is 4.83. The Balaban J connectivity index is 0.000000517. The Morgan fingerprint density at radius 2 is 1.74 bits per heavy atom. The van der Waals surface area contributed by atoms with Crippen molar-refractivity contribution in [2.24, 2.45) is 11.8 Å². The average molecular weight is 615 g/mol. The number of aliphatic carboxylic acids is 1. The summed E-state index contributed by atoms with van der Waals surface area (Å²) < 4.78 is 42.9. The van der Waals surface area contributed by atoms with Crippen LogP contribution in [-0.4, -0.2) is 82.9 Å². The largest absolute Gasteiger partial charge is 0.496 e. The number of methoxy groups -OCH3 is 2. The molecule has 3 heterocycles. The Morgan fingerprint density at radius 3 is 2.31 bits per heavy atom. The molecule has 4 aliphatic rings. The maximum atomic E-state index is 13.6. The van der Waals surface area contributed by atoms with E-state index in [9.17, 15) is 27.6 Å². The molecule has 3 aliphatic heterocycles. The number of carboxylic acid groups (broad SMARTS) is 1. The quantitative estimate of drug-likeness (QED) is 0.356. The second-order valence-electron chi connectivity index (χ2n) is 11.0. The zero-order chi connectivity index (χ0) is 30.8. The average Bonchev–Trinajstić information content (AvgIpc) is 3.42. The summed E-state index contributed by atoms with van der Waals surface area (Å²) in [5.41, 5.74) is -0.168. The van der Waals surface area contributed by atoms with Gasteiger partial charge in [0, 0.05) is 22.7 Å². The highest BCUT2D eigenvalue weighted by Gasteiger charge is 2.72. The minimum Gasteiger partial charge on any atom is -0.496 e. The number of alkyl halides is 3. The number of halogens is 3. The Morgan fingerprint density at radius 1 is 1.07 bits per heavy atom. The van der Waals surface area contributed by atoms with Crippen molar-refractivity contribution in [3.63, 3.8) is 0 Å². The Hall–Kier alpha value is -2.80. The van der Waals surface area contributed by atoms with Crippen LogP contribution in [0.15, 0.2) is 23.1 Å². The van der Waals surface area contributed by atoms with Crippen molar-refractivity contribution in [3.8, 4) is 5.75 Å². The van der Waals surface area contributed by atoms with Crippen LogP contribution in [0.2, 0.25) is 0 Å². The molecule has 4 fully saturated rings. The van der Waals surface area contributed by atoms with Crippen molar-refractivity contribution in [3.05, 3.63) is 23.8 Å². The number of piperidine rings is 1. The zero-order valence-electron chi connectivity index (χ0n) is 23.9. The summed E-state index contributed by atoms with van der Waals surface area (Å²) in [6.07, 6.45) is 3.51. The summed E-state index contributed by atoms with van der Waals surface area (Å²) >= 11 is 1.88. The predicted molar refractivity (Wildman–Crippen MR) is 147 cm³/mol. The van der Waals surface area contributed by atoms with Gasteiger partial charge in [-0.3, -0.25) is 24.2 Å². The first-order valence-corrected chi connectivity index (χ1v) is 15.1. The van der Waals surface area contributed by atoms with E-state index in [1.54, 1.807) is 7.11 Å². The first-order chi connectivity index (χ1) is 19.9. The van der Waals surface area contributed by atoms with Crippen molar-refractivity contribution < 1.29 is 46.9 Å². The Bertz CT molecular complexity index is 1210. The standard InChI is InChI=1S/C27H36N2O5S.C2HF3O2/c1-4-28-24(30)21-22(25(28)31)27(26(32)34-3)14-8-9-15-29(27)23(21)17-12-13-20(19(16-17)33-2)35-18-10-6-5-7-11-18;3-2(4,5)1(6)7/h12-13,16,18,21-23H,4-11,14-15H2,1-3H3;(H,6,7)/t21-,22-,23+,27-;/m0./s1. The van der Waals surface area contributed by atoms with Gasteiger partial charge in [0.2, 0.25) is 11.8 Å². The number of rotatable bonds is 6. The number of thioether (sulfide) groups is 1. The van der Waals surface area contributed by atoms with E-state index in [1.807, 2.05) is 24.8 Å². The lowest BCUT2D eigenvalue weighted by Crippen LogP contribution is -2.59. The zero-order valence-corrected chi connectivity index (χ0v) is 24.8. The second-order valence-corrected chi connectivity index (χ2v) is 12.4. The fraction of sp³-hybridized carbons (Fsp3) is 0.655. The van der Waals surface area contributed by atoms with Gasteiger partial charge in [0.25, 0.3) is 0 Å². The minimum atomic E-state index is -5.08. The maximum Gasteiger partial charge on any atom is 0.490 e. The number of ether oxygens (including phenoxy) is 2. The number of imide groups is 1. The van der Waals surface area contributed by atoms with E-state index < -0.39 is 35.5 Å².